The van der Waals surface area contributed by atoms with E-state index in [0.29, 0.717) is 12.6 Å². The van der Waals surface area contributed by atoms with E-state index in [9.17, 15) is 4.79 Å². The van der Waals surface area contributed by atoms with Gasteiger partial charge in [0, 0.05) is 14.0 Å². The third-order valence-electron chi connectivity index (χ3n) is 6.99. The Morgan fingerprint density at radius 3 is 2.26 bits per heavy atom. The van der Waals surface area contributed by atoms with Gasteiger partial charge in [0.05, 0.1) is 6.61 Å². The van der Waals surface area contributed by atoms with Crippen LogP contribution in [0.5, 0.6) is 0 Å². The van der Waals surface area contributed by atoms with Gasteiger partial charge in [-0.2, -0.15) is 0 Å². The van der Waals surface area contributed by atoms with Crippen LogP contribution in [0.1, 0.15) is 42.3 Å². The van der Waals surface area contributed by atoms with Gasteiger partial charge in [-0.05, 0) is 36.3 Å². The summed E-state index contributed by atoms with van der Waals surface area (Å²) in [6, 6.07) is 20.5. The topological polar surface area (TPSA) is 61.1 Å². The third-order valence-corrected chi connectivity index (χ3v) is 6.99. The molecule has 2 unspecified atom stereocenters. The highest BCUT2D eigenvalue weighted by molar-refractivity contribution is 5.91. The van der Waals surface area contributed by atoms with Gasteiger partial charge in [-0.3, -0.25) is 4.79 Å². The first-order chi connectivity index (χ1) is 15.1. The molecule has 1 aliphatic carbocycles. The molecule has 1 aliphatic rings. The molecule has 162 valence electrons. The van der Waals surface area contributed by atoms with Crippen molar-refractivity contribution in [3.8, 4) is 0 Å². The van der Waals surface area contributed by atoms with Gasteiger partial charge in [0.15, 0.2) is 0 Å². The number of carbonyl (C=O) groups excluding carboxylic acids is 1. The number of amides is 1. The number of aromatic nitrogens is 2. The molecule has 0 spiro atoms. The number of methoxy groups -OCH3 is 1. The lowest BCUT2D eigenvalue weighted by Gasteiger charge is -2.37. The van der Waals surface area contributed by atoms with Crippen molar-refractivity contribution in [1.29, 1.82) is 0 Å². The Morgan fingerprint density at radius 2 is 1.71 bits per heavy atom. The van der Waals surface area contributed by atoms with Crippen LogP contribution in [0.15, 0.2) is 73.1 Å². The standard InChI is InChI=1S/C26H31N3O2/c1-20-28(17-18-31-2)15-16-29(20)24-14-13-23(19-24)26(25(27)30,21-9-5-3-6-10-21)22-11-7-4-8-12-22/h3-12,15-16,23-24H,13-14,17-19H2,1-2H3,(H-,27,30)/p+1. The summed E-state index contributed by atoms with van der Waals surface area (Å²) in [7, 11) is 1.73. The summed E-state index contributed by atoms with van der Waals surface area (Å²) in [5.74, 6) is 1.08. The molecule has 5 heteroatoms. The summed E-state index contributed by atoms with van der Waals surface area (Å²) in [5, 5.41) is 0. The highest BCUT2D eigenvalue weighted by Crippen LogP contribution is 2.49. The smallest absolute Gasteiger partial charge is 0.253 e. The molecule has 1 saturated carbocycles. The first-order valence-electron chi connectivity index (χ1n) is 11.1. The Labute approximate surface area is 184 Å². The zero-order valence-electron chi connectivity index (χ0n) is 18.4. The maximum atomic E-state index is 13.2. The molecule has 1 aromatic heterocycles. The molecule has 2 aromatic carbocycles. The van der Waals surface area contributed by atoms with Gasteiger partial charge >= 0.3 is 0 Å². The van der Waals surface area contributed by atoms with Gasteiger partial charge in [-0.15, -0.1) is 0 Å². The SMILES string of the molecule is COCC[n+]1ccn(C2CCC(C(C(N)=O)(c3ccccc3)c3ccccc3)C2)c1C. The van der Waals surface area contributed by atoms with E-state index in [2.05, 4.69) is 28.5 Å². The third kappa shape index (κ3) is 3.79. The molecule has 1 amide bonds. The van der Waals surface area contributed by atoms with Crippen LogP contribution >= 0.6 is 0 Å². The van der Waals surface area contributed by atoms with Crippen LogP contribution in [0.4, 0.5) is 0 Å². The van der Waals surface area contributed by atoms with Crippen molar-refractivity contribution >= 4 is 5.91 Å². The Bertz CT molecular complexity index is 974. The molecule has 0 saturated heterocycles. The molecule has 0 radical (unpaired) electrons. The van der Waals surface area contributed by atoms with E-state index in [1.807, 2.05) is 60.7 Å². The van der Waals surface area contributed by atoms with Gasteiger partial charge in [0.1, 0.15) is 30.4 Å². The summed E-state index contributed by atoms with van der Waals surface area (Å²) >= 11 is 0. The zero-order chi connectivity index (χ0) is 21.8. The largest absolute Gasteiger partial charge is 0.381 e. The lowest BCUT2D eigenvalue weighted by atomic mass is 9.64. The molecule has 0 bridgehead atoms. The number of imidazole rings is 1. The van der Waals surface area contributed by atoms with E-state index >= 15 is 0 Å². The molecule has 1 fully saturated rings. The highest BCUT2D eigenvalue weighted by Gasteiger charge is 2.51. The molecule has 1 heterocycles. The van der Waals surface area contributed by atoms with Crippen molar-refractivity contribution in [1.82, 2.24) is 4.57 Å². The number of nitrogens with zero attached hydrogens (tertiary/aromatic N) is 2. The summed E-state index contributed by atoms with van der Waals surface area (Å²) < 4.78 is 9.83. The fourth-order valence-corrected chi connectivity index (χ4v) is 5.46. The lowest BCUT2D eigenvalue weighted by molar-refractivity contribution is -0.703. The number of ether oxygens (including phenoxy) is 1. The molecule has 2 N–H and O–H groups in total. The van der Waals surface area contributed by atoms with Crippen LogP contribution < -0.4 is 10.3 Å². The second kappa shape index (κ2) is 9.06. The van der Waals surface area contributed by atoms with Crippen molar-refractivity contribution in [2.24, 2.45) is 11.7 Å². The van der Waals surface area contributed by atoms with Crippen LogP contribution in [0.25, 0.3) is 0 Å². The monoisotopic (exact) mass is 418 g/mol. The number of nitrogens with two attached hydrogens (primary N) is 1. The second-order valence-corrected chi connectivity index (χ2v) is 8.51. The van der Waals surface area contributed by atoms with E-state index < -0.39 is 5.41 Å². The van der Waals surface area contributed by atoms with Crippen LogP contribution in [-0.2, 0) is 21.5 Å². The Balaban J connectivity index is 1.72. The van der Waals surface area contributed by atoms with Gasteiger partial charge in [0.2, 0.25) is 5.91 Å². The average Bonchev–Trinajstić information content (AvgIpc) is 3.41. The maximum Gasteiger partial charge on any atom is 0.253 e. The van der Waals surface area contributed by atoms with Crippen LogP contribution in [0.2, 0.25) is 0 Å². The molecular weight excluding hydrogens is 386 g/mol. The van der Waals surface area contributed by atoms with E-state index in [1.54, 1.807) is 7.11 Å². The minimum Gasteiger partial charge on any atom is -0.381 e. The Morgan fingerprint density at radius 1 is 1.10 bits per heavy atom. The minimum absolute atomic E-state index is 0.133. The highest BCUT2D eigenvalue weighted by atomic mass is 16.5. The second-order valence-electron chi connectivity index (χ2n) is 8.51. The van der Waals surface area contributed by atoms with E-state index in [-0.39, 0.29) is 11.8 Å². The molecule has 5 nitrogen and oxygen atoms in total. The molecule has 3 aromatic rings. The number of benzene rings is 2. The minimum atomic E-state index is -0.829. The maximum absolute atomic E-state index is 13.2. The number of hydrogen-bond donors (Lipinski definition) is 1. The van der Waals surface area contributed by atoms with Gasteiger partial charge in [0.25, 0.3) is 5.82 Å². The fourth-order valence-electron chi connectivity index (χ4n) is 5.46. The van der Waals surface area contributed by atoms with E-state index in [0.717, 1.165) is 36.9 Å². The average molecular weight is 419 g/mol. The van der Waals surface area contributed by atoms with Gasteiger partial charge in [-0.25, -0.2) is 9.13 Å². The first kappa shape index (κ1) is 21.3. The Hall–Kier alpha value is -2.92. The number of primary amides is 1. The number of hydrogen-bond acceptors (Lipinski definition) is 2. The summed E-state index contributed by atoms with van der Waals surface area (Å²) in [4.78, 5) is 13.2. The van der Waals surface area contributed by atoms with Crippen molar-refractivity contribution < 1.29 is 14.1 Å². The van der Waals surface area contributed by atoms with Crippen LogP contribution in [0.3, 0.4) is 0 Å². The quantitative estimate of drug-likeness (QED) is 0.569. The molecule has 4 rings (SSSR count). The fraction of sp³-hybridized carbons (Fsp3) is 0.385. The van der Waals surface area contributed by atoms with Gasteiger partial charge < -0.3 is 10.5 Å². The van der Waals surface area contributed by atoms with Crippen molar-refractivity contribution in [3.05, 3.63) is 90.0 Å². The number of rotatable bonds is 8. The van der Waals surface area contributed by atoms with Crippen molar-refractivity contribution in [2.75, 3.05) is 13.7 Å². The van der Waals surface area contributed by atoms with Crippen molar-refractivity contribution in [2.45, 2.75) is 44.2 Å². The molecule has 2 atom stereocenters. The Kier molecular flexibility index (Phi) is 6.23. The van der Waals surface area contributed by atoms with E-state index in [1.165, 1.54) is 5.82 Å². The molecule has 0 aliphatic heterocycles. The van der Waals surface area contributed by atoms with Gasteiger partial charge in [-0.1, -0.05) is 60.7 Å². The van der Waals surface area contributed by atoms with Crippen molar-refractivity contribution in [3.63, 3.8) is 0 Å². The zero-order valence-corrected chi connectivity index (χ0v) is 18.4. The summed E-state index contributed by atoms with van der Waals surface area (Å²) in [5.41, 5.74) is 7.37. The predicted octanol–water partition coefficient (Wildman–Crippen LogP) is 3.54. The molecular formula is C26H32N3O2+. The van der Waals surface area contributed by atoms with Crippen LogP contribution in [0, 0.1) is 12.8 Å². The van der Waals surface area contributed by atoms with E-state index in [4.69, 9.17) is 10.5 Å². The predicted molar refractivity (Wildman–Crippen MR) is 120 cm³/mol. The summed E-state index contributed by atoms with van der Waals surface area (Å²) in [6.45, 7) is 3.68. The number of carbonyl (C=O) groups is 1. The molecule has 31 heavy (non-hydrogen) atoms. The first-order valence-corrected chi connectivity index (χ1v) is 11.1. The van der Waals surface area contributed by atoms with Crippen LogP contribution in [-0.4, -0.2) is 24.2 Å². The summed E-state index contributed by atoms with van der Waals surface area (Å²) in [6.07, 6.45) is 7.17. The lowest BCUT2D eigenvalue weighted by Crippen LogP contribution is -2.47. The normalized spacial score (nSPS) is 18.9.